The summed E-state index contributed by atoms with van der Waals surface area (Å²) in [6.07, 6.45) is 1.88. The number of hydrogen-bond acceptors (Lipinski definition) is 3. The molecule has 5 heteroatoms. The summed E-state index contributed by atoms with van der Waals surface area (Å²) in [7, 11) is 1.93. The van der Waals surface area contributed by atoms with Crippen LogP contribution in [0, 0.1) is 5.92 Å². The molecule has 1 aromatic carbocycles. The molecule has 0 spiro atoms. The topological polar surface area (TPSA) is 64.3 Å². The normalized spacial score (nSPS) is 13.9. The molecule has 112 valence electrons. The van der Waals surface area contributed by atoms with Crippen LogP contribution >= 0.6 is 11.6 Å². The quantitative estimate of drug-likeness (QED) is 0.689. The van der Waals surface area contributed by atoms with Crippen molar-refractivity contribution < 1.29 is 9.53 Å². The van der Waals surface area contributed by atoms with Crippen LogP contribution in [0.5, 0.6) is 0 Å². The van der Waals surface area contributed by atoms with E-state index in [0.717, 1.165) is 24.9 Å². The molecule has 0 heterocycles. The molecule has 0 saturated heterocycles. The maximum Gasteiger partial charge on any atom is 0.243 e. The minimum absolute atomic E-state index is 0.0758. The highest BCUT2D eigenvalue weighted by Gasteiger charge is 2.20. The highest BCUT2D eigenvalue weighted by Crippen LogP contribution is 2.30. The van der Waals surface area contributed by atoms with Gasteiger partial charge in [-0.15, -0.1) is 0 Å². The first-order valence-electron chi connectivity index (χ1n) is 6.84. The van der Waals surface area contributed by atoms with Gasteiger partial charge in [-0.3, -0.25) is 4.79 Å². The van der Waals surface area contributed by atoms with E-state index in [9.17, 15) is 4.79 Å². The third kappa shape index (κ3) is 5.90. The lowest BCUT2D eigenvalue weighted by Crippen LogP contribution is -2.23. The number of ether oxygens (including phenoxy) is 1. The lowest BCUT2D eigenvalue weighted by molar-refractivity contribution is -0.125. The van der Waals surface area contributed by atoms with Crippen LogP contribution in [-0.2, 0) is 9.53 Å². The first kappa shape index (κ1) is 17.0. The molecule has 0 aromatic heterocycles. The SMILES string of the molecule is CNCCC[C@H](C)[C@@H](OCC(N)=O)c1cccc(Cl)c1. The van der Waals surface area contributed by atoms with Crippen molar-refractivity contribution >= 4 is 17.5 Å². The fraction of sp³-hybridized carbons (Fsp3) is 0.533. The Morgan fingerprint density at radius 1 is 1.50 bits per heavy atom. The van der Waals surface area contributed by atoms with E-state index in [1.807, 2.05) is 31.3 Å². The molecular formula is C15H23ClN2O2. The number of nitrogens with two attached hydrogens (primary N) is 1. The molecule has 4 nitrogen and oxygen atoms in total. The van der Waals surface area contributed by atoms with Gasteiger partial charge in [-0.25, -0.2) is 0 Å². The Labute approximate surface area is 125 Å². The molecule has 20 heavy (non-hydrogen) atoms. The van der Waals surface area contributed by atoms with Gasteiger partial charge < -0.3 is 15.8 Å². The fourth-order valence-electron chi connectivity index (χ4n) is 2.20. The summed E-state index contributed by atoms with van der Waals surface area (Å²) in [5.74, 6) is -0.180. The molecule has 0 radical (unpaired) electrons. The molecule has 0 unspecified atom stereocenters. The predicted molar refractivity (Wildman–Crippen MR) is 81.7 cm³/mol. The van der Waals surface area contributed by atoms with Crippen molar-refractivity contribution in [3.05, 3.63) is 34.9 Å². The van der Waals surface area contributed by atoms with E-state index >= 15 is 0 Å². The van der Waals surface area contributed by atoms with Crippen molar-refractivity contribution in [3.63, 3.8) is 0 Å². The monoisotopic (exact) mass is 298 g/mol. The van der Waals surface area contributed by atoms with Crippen LogP contribution in [0.1, 0.15) is 31.4 Å². The van der Waals surface area contributed by atoms with E-state index in [4.69, 9.17) is 22.1 Å². The van der Waals surface area contributed by atoms with Crippen LogP contribution in [0.4, 0.5) is 0 Å². The summed E-state index contributed by atoms with van der Waals surface area (Å²) in [6, 6.07) is 7.55. The zero-order valence-corrected chi connectivity index (χ0v) is 12.8. The van der Waals surface area contributed by atoms with Crippen LogP contribution in [0.25, 0.3) is 0 Å². The Balaban J connectivity index is 2.75. The molecule has 0 bridgehead atoms. The lowest BCUT2D eigenvalue weighted by atomic mass is 9.93. The first-order valence-corrected chi connectivity index (χ1v) is 7.22. The van der Waals surface area contributed by atoms with Gasteiger partial charge in [-0.05, 0) is 50.0 Å². The van der Waals surface area contributed by atoms with Crippen molar-refractivity contribution in [2.75, 3.05) is 20.2 Å². The second kappa shape index (κ2) is 8.95. The van der Waals surface area contributed by atoms with E-state index in [0.29, 0.717) is 5.02 Å². The smallest absolute Gasteiger partial charge is 0.243 e. The molecule has 2 atom stereocenters. The van der Waals surface area contributed by atoms with Crippen LogP contribution in [0.3, 0.4) is 0 Å². The number of primary amides is 1. The molecule has 1 amide bonds. The molecule has 0 aliphatic rings. The number of halogens is 1. The summed E-state index contributed by atoms with van der Waals surface area (Å²) in [4.78, 5) is 10.9. The fourth-order valence-corrected chi connectivity index (χ4v) is 2.40. The van der Waals surface area contributed by atoms with Crippen LogP contribution in [0.2, 0.25) is 5.02 Å². The van der Waals surface area contributed by atoms with Gasteiger partial charge in [0, 0.05) is 5.02 Å². The van der Waals surface area contributed by atoms with Crippen molar-refractivity contribution in [2.45, 2.75) is 25.9 Å². The van der Waals surface area contributed by atoms with Crippen molar-refractivity contribution in [3.8, 4) is 0 Å². The van der Waals surface area contributed by atoms with Crippen molar-refractivity contribution in [2.24, 2.45) is 11.7 Å². The lowest BCUT2D eigenvalue weighted by Gasteiger charge is -2.24. The van der Waals surface area contributed by atoms with Crippen LogP contribution < -0.4 is 11.1 Å². The zero-order valence-electron chi connectivity index (χ0n) is 12.1. The maximum absolute atomic E-state index is 10.9. The standard InChI is InChI=1S/C15H23ClN2O2/c1-11(5-4-8-18-2)15(20-10-14(17)19)12-6-3-7-13(16)9-12/h3,6-7,9,11,15,18H,4-5,8,10H2,1-2H3,(H2,17,19)/t11-,15+/m0/s1. The molecule has 0 fully saturated rings. The van der Waals surface area contributed by atoms with Crippen LogP contribution in [-0.4, -0.2) is 26.1 Å². The summed E-state index contributed by atoms with van der Waals surface area (Å²) in [5.41, 5.74) is 6.15. The zero-order chi connectivity index (χ0) is 15.0. The second-order valence-corrected chi connectivity index (χ2v) is 5.41. The number of benzene rings is 1. The molecule has 3 N–H and O–H groups in total. The Bertz CT molecular complexity index is 426. The Kier molecular flexibility index (Phi) is 7.59. The number of nitrogens with one attached hydrogen (secondary N) is 1. The largest absolute Gasteiger partial charge is 0.368 e. The van der Waals surface area contributed by atoms with Gasteiger partial charge in [0.15, 0.2) is 0 Å². The highest BCUT2D eigenvalue weighted by molar-refractivity contribution is 6.30. The third-order valence-electron chi connectivity index (χ3n) is 3.19. The third-order valence-corrected chi connectivity index (χ3v) is 3.42. The van der Waals surface area contributed by atoms with Gasteiger partial charge >= 0.3 is 0 Å². The van der Waals surface area contributed by atoms with Crippen LogP contribution in [0.15, 0.2) is 24.3 Å². The molecule has 1 rings (SSSR count). The summed E-state index contributed by atoms with van der Waals surface area (Å²) in [5, 5.41) is 3.79. The first-order chi connectivity index (χ1) is 9.54. The Morgan fingerprint density at radius 2 is 2.25 bits per heavy atom. The number of carbonyl (C=O) groups is 1. The van der Waals surface area contributed by atoms with E-state index in [1.54, 1.807) is 0 Å². The van der Waals surface area contributed by atoms with Gasteiger partial charge in [0.25, 0.3) is 0 Å². The molecular weight excluding hydrogens is 276 g/mol. The van der Waals surface area contributed by atoms with Gasteiger partial charge in [0.05, 0.1) is 6.10 Å². The number of carbonyl (C=O) groups excluding carboxylic acids is 1. The molecule has 0 aliphatic carbocycles. The summed E-state index contributed by atoms with van der Waals surface area (Å²) >= 11 is 6.03. The number of rotatable bonds is 9. The average Bonchev–Trinajstić information content (AvgIpc) is 2.39. The van der Waals surface area contributed by atoms with Gasteiger partial charge in [-0.1, -0.05) is 30.7 Å². The molecule has 0 aliphatic heterocycles. The van der Waals surface area contributed by atoms with E-state index < -0.39 is 5.91 Å². The second-order valence-electron chi connectivity index (χ2n) is 4.98. The van der Waals surface area contributed by atoms with Crippen molar-refractivity contribution in [1.29, 1.82) is 0 Å². The minimum atomic E-state index is -0.459. The summed E-state index contributed by atoms with van der Waals surface area (Å²) in [6.45, 7) is 3.00. The number of amides is 1. The molecule has 0 saturated carbocycles. The van der Waals surface area contributed by atoms with Gasteiger partial charge in [-0.2, -0.15) is 0 Å². The Morgan fingerprint density at radius 3 is 2.85 bits per heavy atom. The van der Waals surface area contributed by atoms with E-state index in [2.05, 4.69) is 12.2 Å². The average molecular weight is 299 g/mol. The Hall–Kier alpha value is -1.10. The van der Waals surface area contributed by atoms with Gasteiger partial charge in [0.1, 0.15) is 6.61 Å². The number of hydrogen-bond donors (Lipinski definition) is 2. The highest BCUT2D eigenvalue weighted by atomic mass is 35.5. The molecule has 1 aromatic rings. The van der Waals surface area contributed by atoms with E-state index in [1.165, 1.54) is 0 Å². The van der Waals surface area contributed by atoms with E-state index in [-0.39, 0.29) is 18.6 Å². The maximum atomic E-state index is 10.9. The van der Waals surface area contributed by atoms with Gasteiger partial charge in [0.2, 0.25) is 5.91 Å². The van der Waals surface area contributed by atoms with Crippen molar-refractivity contribution in [1.82, 2.24) is 5.32 Å². The predicted octanol–water partition coefficient (Wildman–Crippen LogP) is 2.52. The minimum Gasteiger partial charge on any atom is -0.368 e. The summed E-state index contributed by atoms with van der Waals surface area (Å²) < 4.78 is 5.68.